The summed E-state index contributed by atoms with van der Waals surface area (Å²) in [6.07, 6.45) is 3.61. The topological polar surface area (TPSA) is 34.0 Å². The van der Waals surface area contributed by atoms with Gasteiger partial charge in [-0.25, -0.2) is 9.98 Å². The van der Waals surface area contributed by atoms with Gasteiger partial charge >= 0.3 is 0 Å². The van der Waals surface area contributed by atoms with Gasteiger partial charge in [0.2, 0.25) is 0 Å². The highest BCUT2D eigenvalue weighted by atomic mass is 16.5. The summed E-state index contributed by atoms with van der Waals surface area (Å²) in [4.78, 5) is 8.28. The van der Waals surface area contributed by atoms with Gasteiger partial charge in [-0.15, -0.1) is 0 Å². The number of fused-ring (bicyclic) bond motifs is 3. The van der Waals surface area contributed by atoms with E-state index in [1.54, 1.807) is 6.34 Å². The molecule has 0 atom stereocenters. The molecule has 2 aliphatic rings. The Bertz CT molecular complexity index is 488. The third-order valence-corrected chi connectivity index (χ3v) is 2.07. The lowest BCUT2D eigenvalue weighted by Crippen LogP contribution is -2.22. The summed E-state index contributed by atoms with van der Waals surface area (Å²) in [6.45, 7) is 0.654. The summed E-state index contributed by atoms with van der Waals surface area (Å²) in [7, 11) is 0. The van der Waals surface area contributed by atoms with Crippen molar-refractivity contribution in [2.45, 2.75) is 0 Å². The first kappa shape index (κ1) is 5.94. The van der Waals surface area contributed by atoms with E-state index in [1.165, 1.54) is 0 Å². The Balaban J connectivity index is 2.54. The Hall–Kier alpha value is -1.64. The van der Waals surface area contributed by atoms with Crippen LogP contribution in [0.3, 0.4) is 0 Å². The van der Waals surface area contributed by atoms with Crippen LogP contribution in [0.15, 0.2) is 22.1 Å². The molecule has 12 heavy (non-hydrogen) atoms. The van der Waals surface area contributed by atoms with E-state index in [0.717, 1.165) is 22.0 Å². The Kier molecular flexibility index (Phi) is 0.961. The van der Waals surface area contributed by atoms with Gasteiger partial charge in [0.15, 0.2) is 0 Å². The molecule has 58 valence electrons. The number of ether oxygens (including phenoxy) is 1. The van der Waals surface area contributed by atoms with E-state index < -0.39 is 0 Å². The molecule has 1 aromatic carbocycles. The van der Waals surface area contributed by atoms with Crippen LogP contribution in [-0.2, 0) is 0 Å². The molecule has 0 fully saturated rings. The van der Waals surface area contributed by atoms with E-state index in [9.17, 15) is 0 Å². The Morgan fingerprint density at radius 3 is 3.33 bits per heavy atom. The van der Waals surface area contributed by atoms with Crippen molar-refractivity contribution >= 4 is 18.1 Å². The van der Waals surface area contributed by atoms with Crippen molar-refractivity contribution in [3.63, 3.8) is 0 Å². The van der Waals surface area contributed by atoms with Crippen molar-refractivity contribution in [3.8, 4) is 5.75 Å². The van der Waals surface area contributed by atoms with Gasteiger partial charge in [0, 0.05) is 5.22 Å². The van der Waals surface area contributed by atoms with Gasteiger partial charge in [-0.05, 0) is 18.2 Å². The van der Waals surface area contributed by atoms with Crippen molar-refractivity contribution < 1.29 is 4.74 Å². The minimum Gasteiger partial charge on any atom is -0.489 e. The van der Waals surface area contributed by atoms with Crippen molar-refractivity contribution in [3.05, 3.63) is 22.7 Å². The van der Waals surface area contributed by atoms with Gasteiger partial charge in [0.1, 0.15) is 24.1 Å². The van der Waals surface area contributed by atoms with E-state index in [4.69, 9.17) is 4.74 Å². The fraction of sp³-hybridized carbons (Fsp3) is 0.111. The maximum atomic E-state index is 5.35. The lowest BCUT2D eigenvalue weighted by molar-refractivity contribution is 0.385. The zero-order valence-corrected chi connectivity index (χ0v) is 6.32. The molecule has 0 aliphatic carbocycles. The molecule has 2 heterocycles. The van der Waals surface area contributed by atoms with Gasteiger partial charge in [-0.2, -0.15) is 0 Å². The van der Waals surface area contributed by atoms with Gasteiger partial charge < -0.3 is 4.74 Å². The minimum atomic E-state index is 0.654. The standard InChI is InChI=1S/C9H6N2O/c1-2-8-6(3-4-12-8)9-7(1)10-5-11-9/h1-3,5H,4H2. The predicted octanol–water partition coefficient (Wildman–Crippen LogP) is 0.153. The molecule has 0 spiro atoms. The predicted molar refractivity (Wildman–Crippen MR) is 45.3 cm³/mol. The molecule has 0 amide bonds. The first-order chi connectivity index (χ1) is 5.95. The largest absolute Gasteiger partial charge is 0.489 e. The Morgan fingerprint density at radius 1 is 1.33 bits per heavy atom. The third kappa shape index (κ3) is 0.605. The molecule has 1 aromatic rings. The number of hydrogen-bond donors (Lipinski definition) is 0. The Labute approximate surface area is 68.7 Å². The van der Waals surface area contributed by atoms with Gasteiger partial charge in [-0.3, -0.25) is 0 Å². The van der Waals surface area contributed by atoms with Gasteiger partial charge in [-0.1, -0.05) is 0 Å². The maximum Gasteiger partial charge on any atom is 0.129 e. The minimum absolute atomic E-state index is 0.654. The number of benzene rings is 1. The average Bonchev–Trinajstić information content (AvgIpc) is 2.71. The fourth-order valence-electron chi connectivity index (χ4n) is 1.50. The molecule has 3 nitrogen and oxygen atoms in total. The Morgan fingerprint density at radius 2 is 2.33 bits per heavy atom. The van der Waals surface area contributed by atoms with E-state index in [0.29, 0.717) is 6.61 Å². The zero-order valence-electron chi connectivity index (χ0n) is 6.32. The summed E-state index contributed by atoms with van der Waals surface area (Å²) in [5.74, 6) is 0.919. The maximum absolute atomic E-state index is 5.35. The first-order valence-electron chi connectivity index (χ1n) is 3.81. The van der Waals surface area contributed by atoms with Crippen LogP contribution in [0.4, 0.5) is 5.69 Å². The summed E-state index contributed by atoms with van der Waals surface area (Å²) >= 11 is 0. The molecule has 0 aromatic heterocycles. The first-order valence-corrected chi connectivity index (χ1v) is 3.81. The quantitative estimate of drug-likeness (QED) is 0.529. The summed E-state index contributed by atoms with van der Waals surface area (Å²) in [5, 5.41) is 2.04. The molecule has 2 aliphatic heterocycles. The fourth-order valence-corrected chi connectivity index (χ4v) is 1.50. The van der Waals surface area contributed by atoms with Crippen LogP contribution in [0.5, 0.6) is 5.75 Å². The molecule has 0 saturated heterocycles. The molecule has 0 saturated carbocycles. The number of rotatable bonds is 0. The normalized spacial score (nSPS) is 16.0. The summed E-state index contributed by atoms with van der Waals surface area (Å²) in [5.41, 5.74) is 0.940. The van der Waals surface area contributed by atoms with E-state index in [-0.39, 0.29) is 0 Å². The van der Waals surface area contributed by atoms with Crippen LogP contribution in [-0.4, -0.2) is 12.9 Å². The zero-order chi connectivity index (χ0) is 7.97. The molecule has 0 N–H and O–H groups in total. The van der Waals surface area contributed by atoms with Gasteiger partial charge in [0.05, 0.1) is 5.69 Å². The molecular formula is C9H6N2O. The summed E-state index contributed by atoms with van der Waals surface area (Å²) < 4.78 is 5.35. The second-order valence-corrected chi connectivity index (χ2v) is 2.73. The van der Waals surface area contributed by atoms with Crippen LogP contribution in [0, 0.1) is 0 Å². The van der Waals surface area contributed by atoms with Crippen molar-refractivity contribution in [1.29, 1.82) is 0 Å². The highest BCUT2D eigenvalue weighted by molar-refractivity contribution is 5.68. The molecule has 3 rings (SSSR count). The van der Waals surface area contributed by atoms with Crippen molar-refractivity contribution in [2.75, 3.05) is 6.61 Å². The molecular weight excluding hydrogens is 152 g/mol. The van der Waals surface area contributed by atoms with Crippen LogP contribution in [0.2, 0.25) is 0 Å². The average molecular weight is 158 g/mol. The number of nitrogens with zero attached hydrogens (tertiary/aromatic N) is 2. The van der Waals surface area contributed by atoms with Crippen LogP contribution >= 0.6 is 0 Å². The molecule has 0 radical (unpaired) electrons. The van der Waals surface area contributed by atoms with Gasteiger partial charge in [0.25, 0.3) is 0 Å². The van der Waals surface area contributed by atoms with E-state index in [1.807, 2.05) is 18.2 Å². The second-order valence-electron chi connectivity index (χ2n) is 2.73. The van der Waals surface area contributed by atoms with Crippen LogP contribution in [0.25, 0.3) is 6.08 Å². The number of hydrogen-bond acceptors (Lipinski definition) is 3. The highest BCUT2D eigenvalue weighted by Crippen LogP contribution is 2.12. The monoisotopic (exact) mass is 158 g/mol. The molecule has 0 unspecified atom stereocenters. The second kappa shape index (κ2) is 1.94. The van der Waals surface area contributed by atoms with Crippen molar-refractivity contribution in [1.82, 2.24) is 0 Å². The van der Waals surface area contributed by atoms with Crippen LogP contribution in [0.1, 0.15) is 0 Å². The lowest BCUT2D eigenvalue weighted by atomic mass is 10.2. The molecule has 0 bridgehead atoms. The number of aliphatic imine (C=N–C) groups is 1. The van der Waals surface area contributed by atoms with Crippen molar-refractivity contribution in [2.24, 2.45) is 9.98 Å². The molecule has 3 heteroatoms. The highest BCUT2D eigenvalue weighted by Gasteiger charge is 2.09. The SMILES string of the molecule is C1=Nc2ccc3c(c2=N1)=CCO3. The lowest BCUT2D eigenvalue weighted by Gasteiger charge is -1.95. The smallest absolute Gasteiger partial charge is 0.129 e. The van der Waals surface area contributed by atoms with Crippen LogP contribution < -0.4 is 15.3 Å². The van der Waals surface area contributed by atoms with E-state index >= 15 is 0 Å². The van der Waals surface area contributed by atoms with E-state index in [2.05, 4.69) is 9.98 Å². The third-order valence-electron chi connectivity index (χ3n) is 2.07. The summed E-state index contributed by atoms with van der Waals surface area (Å²) in [6, 6.07) is 3.87.